The topological polar surface area (TPSA) is 53.4 Å². The number of likely N-dealkylation sites (N-methyl/N-ethyl adjacent to an activating group) is 1. The number of aromatic nitrogens is 1. The Hall–Kier alpha value is -1.42. The van der Waals surface area contributed by atoms with E-state index in [9.17, 15) is 4.79 Å². The number of carboxylic acids is 1. The minimum Gasteiger partial charge on any atom is -0.480 e. The first-order valence-electron chi connectivity index (χ1n) is 4.40. The normalized spacial score (nSPS) is 10.5. The van der Waals surface area contributed by atoms with Crippen LogP contribution in [0.4, 0.5) is 0 Å². The maximum absolute atomic E-state index is 10.4. The Balaban J connectivity index is 2.51. The molecule has 0 fully saturated rings. The van der Waals surface area contributed by atoms with Gasteiger partial charge in [-0.3, -0.25) is 14.7 Å². The summed E-state index contributed by atoms with van der Waals surface area (Å²) in [6.45, 7) is 2.58. The minimum absolute atomic E-state index is 0.0495. The fourth-order valence-electron chi connectivity index (χ4n) is 1.19. The Morgan fingerprint density at radius 2 is 2.29 bits per heavy atom. The third-order valence-corrected chi connectivity index (χ3v) is 1.83. The van der Waals surface area contributed by atoms with E-state index in [1.807, 2.05) is 19.1 Å². The van der Waals surface area contributed by atoms with Gasteiger partial charge in [0, 0.05) is 18.4 Å². The average Bonchev–Trinajstić information content (AvgIpc) is 2.07. The molecule has 0 aliphatic rings. The van der Waals surface area contributed by atoms with E-state index in [0.29, 0.717) is 6.54 Å². The molecule has 0 aliphatic heterocycles. The molecule has 76 valence electrons. The molecule has 0 aromatic carbocycles. The number of hydrogen-bond acceptors (Lipinski definition) is 3. The third-order valence-electron chi connectivity index (χ3n) is 1.83. The average molecular weight is 194 g/mol. The predicted molar refractivity (Wildman–Crippen MR) is 52.9 cm³/mol. The number of pyridine rings is 1. The molecule has 0 atom stereocenters. The van der Waals surface area contributed by atoms with Crippen LogP contribution in [0.5, 0.6) is 0 Å². The monoisotopic (exact) mass is 194 g/mol. The summed E-state index contributed by atoms with van der Waals surface area (Å²) in [5.41, 5.74) is 1.99. The third kappa shape index (κ3) is 3.53. The van der Waals surface area contributed by atoms with Crippen LogP contribution < -0.4 is 0 Å². The van der Waals surface area contributed by atoms with Crippen molar-refractivity contribution in [2.75, 3.05) is 13.6 Å². The largest absolute Gasteiger partial charge is 0.480 e. The molecule has 0 saturated heterocycles. The fourth-order valence-corrected chi connectivity index (χ4v) is 1.19. The maximum Gasteiger partial charge on any atom is 0.317 e. The van der Waals surface area contributed by atoms with Crippen LogP contribution in [-0.2, 0) is 11.3 Å². The quantitative estimate of drug-likeness (QED) is 0.774. The van der Waals surface area contributed by atoms with Crippen molar-refractivity contribution < 1.29 is 9.90 Å². The molecule has 1 rings (SSSR count). The molecule has 1 aromatic rings. The van der Waals surface area contributed by atoms with Crippen molar-refractivity contribution in [3.63, 3.8) is 0 Å². The summed E-state index contributed by atoms with van der Waals surface area (Å²) in [7, 11) is 1.77. The molecule has 0 radical (unpaired) electrons. The molecule has 1 aromatic heterocycles. The van der Waals surface area contributed by atoms with Gasteiger partial charge < -0.3 is 5.11 Å². The van der Waals surface area contributed by atoms with Crippen molar-refractivity contribution in [2.45, 2.75) is 13.5 Å². The van der Waals surface area contributed by atoms with E-state index in [1.54, 1.807) is 18.1 Å². The molecule has 1 N–H and O–H groups in total. The Kier molecular flexibility index (Phi) is 3.59. The maximum atomic E-state index is 10.4. The molecule has 0 spiro atoms. The first-order chi connectivity index (χ1) is 6.58. The molecule has 4 heteroatoms. The molecule has 0 bridgehead atoms. The zero-order valence-electron chi connectivity index (χ0n) is 8.40. The molecular weight excluding hydrogens is 180 g/mol. The number of carboxylic acid groups (broad SMARTS) is 1. The summed E-state index contributed by atoms with van der Waals surface area (Å²) >= 11 is 0. The van der Waals surface area contributed by atoms with Crippen LogP contribution in [0.3, 0.4) is 0 Å². The van der Waals surface area contributed by atoms with Gasteiger partial charge in [0.05, 0.1) is 6.54 Å². The Labute approximate surface area is 83.2 Å². The zero-order chi connectivity index (χ0) is 10.6. The lowest BCUT2D eigenvalue weighted by Gasteiger charge is -2.13. The summed E-state index contributed by atoms with van der Waals surface area (Å²) in [6.07, 6.45) is 1.77. The van der Waals surface area contributed by atoms with Gasteiger partial charge in [-0.2, -0.15) is 0 Å². The summed E-state index contributed by atoms with van der Waals surface area (Å²) < 4.78 is 0. The van der Waals surface area contributed by atoms with Gasteiger partial charge in [0.2, 0.25) is 0 Å². The summed E-state index contributed by atoms with van der Waals surface area (Å²) in [5.74, 6) is -0.812. The van der Waals surface area contributed by atoms with Crippen molar-refractivity contribution >= 4 is 5.97 Å². The molecule has 4 nitrogen and oxygen atoms in total. The number of carbonyl (C=O) groups is 1. The van der Waals surface area contributed by atoms with Gasteiger partial charge in [-0.05, 0) is 25.6 Å². The first-order valence-corrected chi connectivity index (χ1v) is 4.40. The van der Waals surface area contributed by atoms with Crippen LogP contribution in [-0.4, -0.2) is 34.6 Å². The Morgan fingerprint density at radius 1 is 1.57 bits per heavy atom. The van der Waals surface area contributed by atoms with Gasteiger partial charge in [-0.15, -0.1) is 0 Å². The van der Waals surface area contributed by atoms with Crippen molar-refractivity contribution in [1.29, 1.82) is 0 Å². The first kappa shape index (κ1) is 10.7. The second-order valence-electron chi connectivity index (χ2n) is 3.37. The van der Waals surface area contributed by atoms with E-state index in [0.717, 1.165) is 11.3 Å². The van der Waals surface area contributed by atoms with E-state index < -0.39 is 5.97 Å². The van der Waals surface area contributed by atoms with Gasteiger partial charge in [0.1, 0.15) is 0 Å². The van der Waals surface area contributed by atoms with Crippen LogP contribution in [0.15, 0.2) is 18.3 Å². The highest BCUT2D eigenvalue weighted by Crippen LogP contribution is 2.02. The van der Waals surface area contributed by atoms with Crippen molar-refractivity contribution in [3.8, 4) is 0 Å². The highest BCUT2D eigenvalue weighted by atomic mass is 16.4. The van der Waals surface area contributed by atoms with Crippen molar-refractivity contribution in [1.82, 2.24) is 9.88 Å². The fraction of sp³-hybridized carbons (Fsp3) is 0.400. The lowest BCUT2D eigenvalue weighted by atomic mass is 10.2. The smallest absolute Gasteiger partial charge is 0.317 e. The van der Waals surface area contributed by atoms with E-state index >= 15 is 0 Å². The van der Waals surface area contributed by atoms with E-state index in [4.69, 9.17) is 5.11 Å². The van der Waals surface area contributed by atoms with Crippen molar-refractivity contribution in [3.05, 3.63) is 29.6 Å². The van der Waals surface area contributed by atoms with Crippen LogP contribution in [0.2, 0.25) is 0 Å². The molecule has 14 heavy (non-hydrogen) atoms. The Morgan fingerprint density at radius 3 is 2.79 bits per heavy atom. The van der Waals surface area contributed by atoms with Gasteiger partial charge >= 0.3 is 5.97 Å². The van der Waals surface area contributed by atoms with Gasteiger partial charge in [0.15, 0.2) is 0 Å². The SMILES string of the molecule is Cc1ccc(CN(C)CC(=O)O)cn1. The molecule has 1 heterocycles. The highest BCUT2D eigenvalue weighted by Gasteiger charge is 2.04. The van der Waals surface area contributed by atoms with Crippen LogP contribution in [0.1, 0.15) is 11.3 Å². The number of aliphatic carboxylic acids is 1. The molecular formula is C10H14N2O2. The van der Waals surface area contributed by atoms with E-state index in [2.05, 4.69) is 4.98 Å². The predicted octanol–water partition coefficient (Wildman–Crippen LogP) is 0.906. The molecule has 0 saturated carbocycles. The van der Waals surface area contributed by atoms with Gasteiger partial charge in [-0.25, -0.2) is 0 Å². The van der Waals surface area contributed by atoms with Crippen molar-refractivity contribution in [2.24, 2.45) is 0 Å². The molecule has 0 unspecified atom stereocenters. The minimum atomic E-state index is -0.812. The Bertz CT molecular complexity index is 308. The number of nitrogens with zero attached hydrogens (tertiary/aromatic N) is 2. The second kappa shape index (κ2) is 4.72. The highest BCUT2D eigenvalue weighted by molar-refractivity contribution is 5.69. The number of hydrogen-bond donors (Lipinski definition) is 1. The van der Waals surface area contributed by atoms with Gasteiger partial charge in [-0.1, -0.05) is 6.07 Å². The molecule has 0 aliphatic carbocycles. The standard InChI is InChI=1S/C10H14N2O2/c1-8-3-4-9(5-11-8)6-12(2)7-10(13)14/h3-5H,6-7H2,1-2H3,(H,13,14). The number of aryl methyl sites for hydroxylation is 1. The second-order valence-corrected chi connectivity index (χ2v) is 3.37. The molecule has 0 amide bonds. The van der Waals surface area contributed by atoms with Crippen LogP contribution in [0.25, 0.3) is 0 Å². The summed E-state index contributed by atoms with van der Waals surface area (Å²) in [5, 5.41) is 8.55. The summed E-state index contributed by atoms with van der Waals surface area (Å²) in [4.78, 5) is 16.3. The lowest BCUT2D eigenvalue weighted by Crippen LogP contribution is -2.25. The summed E-state index contributed by atoms with van der Waals surface area (Å²) in [6, 6.07) is 3.88. The zero-order valence-corrected chi connectivity index (χ0v) is 8.40. The van der Waals surface area contributed by atoms with Crippen LogP contribution in [0, 0.1) is 6.92 Å². The van der Waals surface area contributed by atoms with E-state index in [-0.39, 0.29) is 6.54 Å². The number of rotatable bonds is 4. The lowest BCUT2D eigenvalue weighted by molar-refractivity contribution is -0.138. The van der Waals surface area contributed by atoms with Crippen LogP contribution >= 0.6 is 0 Å². The van der Waals surface area contributed by atoms with E-state index in [1.165, 1.54) is 0 Å². The van der Waals surface area contributed by atoms with Gasteiger partial charge in [0.25, 0.3) is 0 Å².